The van der Waals surface area contributed by atoms with Gasteiger partial charge in [0.05, 0.1) is 39.9 Å². The number of alkyl halides is 3. The minimum atomic E-state index is -4.40. The highest BCUT2D eigenvalue weighted by atomic mass is 35.5. The Hall–Kier alpha value is -4.47. The van der Waals surface area contributed by atoms with E-state index in [0.717, 1.165) is 21.8 Å². The van der Waals surface area contributed by atoms with Crippen LogP contribution < -0.4 is 21.6 Å². The summed E-state index contributed by atoms with van der Waals surface area (Å²) in [5.41, 5.74) is 8.92. The first kappa shape index (κ1) is 30.6. The zero-order valence-corrected chi connectivity index (χ0v) is 26.0. The second-order valence-corrected chi connectivity index (χ2v) is 13.1. The molecular weight excluding hydrogens is 603 g/mol. The zero-order valence-electron chi connectivity index (χ0n) is 25.2. The van der Waals surface area contributed by atoms with Gasteiger partial charge in [0.25, 0.3) is 0 Å². The number of fused-ring (bicyclic) bond motifs is 1. The average molecular weight is 636 g/mol. The molecule has 2 aliphatic rings. The molecule has 2 aromatic heterocycles. The van der Waals surface area contributed by atoms with E-state index in [1.165, 1.54) is 12.4 Å². The lowest BCUT2D eigenvalue weighted by atomic mass is 9.96. The van der Waals surface area contributed by atoms with Crippen molar-refractivity contribution < 1.29 is 13.2 Å². The number of anilines is 2. The minimum Gasteiger partial charge on any atom is -0.383 e. The maximum absolute atomic E-state index is 14.0. The second-order valence-electron chi connectivity index (χ2n) is 12.7. The van der Waals surface area contributed by atoms with Gasteiger partial charge in [0.15, 0.2) is 5.54 Å². The number of nitrogens with zero attached hydrogens (tertiary/aromatic N) is 5. The van der Waals surface area contributed by atoms with Crippen molar-refractivity contribution in [2.75, 3.05) is 17.2 Å². The van der Waals surface area contributed by atoms with Crippen molar-refractivity contribution in [1.29, 1.82) is 5.26 Å². The number of hydrogen-bond acceptors (Lipinski definition) is 8. The Morgan fingerprint density at radius 1 is 1.20 bits per heavy atom. The molecule has 234 valence electrons. The standard InChI is InChI=1S/C32H33ClF3N9/c1-19-22(6-5-7-26(19)44-11-10-38-18-44)29(25-16-45(43-42-25)31(8-9-31)32(34,35)36)41-21-12-23-27(40-17-30(2,3)4)20(14-37)15-39-28(23)24(33)13-21/h5-7,10-13,15-16,18,29,41-43H,8-9,17H2,1-4H3,(H,39,40)/t29-/m0/s1. The van der Waals surface area contributed by atoms with E-state index in [9.17, 15) is 18.4 Å². The van der Waals surface area contributed by atoms with Crippen LogP contribution in [0.1, 0.15) is 56.3 Å². The highest BCUT2D eigenvalue weighted by molar-refractivity contribution is 6.35. The average Bonchev–Trinajstić information content (AvgIpc) is 3.38. The van der Waals surface area contributed by atoms with Crippen molar-refractivity contribution in [2.45, 2.75) is 58.3 Å². The first-order chi connectivity index (χ1) is 21.3. The van der Waals surface area contributed by atoms with Crippen molar-refractivity contribution in [3.8, 4) is 11.8 Å². The molecule has 4 N–H and O–H groups in total. The summed E-state index contributed by atoms with van der Waals surface area (Å²) in [4.78, 5) is 8.62. The second kappa shape index (κ2) is 11.2. The lowest BCUT2D eigenvalue weighted by Gasteiger charge is -2.28. The van der Waals surface area contributed by atoms with Crippen LogP contribution in [0.25, 0.3) is 16.6 Å². The molecule has 0 spiro atoms. The van der Waals surface area contributed by atoms with Crippen molar-refractivity contribution in [1.82, 2.24) is 30.5 Å². The van der Waals surface area contributed by atoms with Crippen LogP contribution in [0.5, 0.6) is 0 Å². The Morgan fingerprint density at radius 2 is 1.98 bits per heavy atom. The fourth-order valence-electron chi connectivity index (χ4n) is 5.58. The molecule has 3 heterocycles. The number of rotatable bonds is 8. The monoisotopic (exact) mass is 635 g/mol. The number of benzene rings is 2. The summed E-state index contributed by atoms with van der Waals surface area (Å²) in [7, 11) is 0. The van der Waals surface area contributed by atoms with Crippen LogP contribution in [-0.2, 0) is 0 Å². The van der Waals surface area contributed by atoms with E-state index in [1.54, 1.807) is 18.6 Å². The maximum atomic E-state index is 14.0. The maximum Gasteiger partial charge on any atom is 0.413 e. The third-order valence-electron chi connectivity index (χ3n) is 8.20. The van der Waals surface area contributed by atoms with Gasteiger partial charge in [-0.2, -0.15) is 18.4 Å². The van der Waals surface area contributed by atoms with E-state index < -0.39 is 17.8 Å². The molecule has 1 fully saturated rings. The molecular formula is C32H33ClF3N9. The third-order valence-corrected chi connectivity index (χ3v) is 8.49. The van der Waals surface area contributed by atoms with Crippen LogP contribution in [0.4, 0.5) is 24.5 Å². The van der Waals surface area contributed by atoms with Crippen LogP contribution in [0.3, 0.4) is 0 Å². The Kier molecular flexibility index (Phi) is 7.57. The van der Waals surface area contributed by atoms with E-state index in [0.29, 0.717) is 45.1 Å². The summed E-state index contributed by atoms with van der Waals surface area (Å²) in [5.74, 6) is 0. The summed E-state index contributed by atoms with van der Waals surface area (Å²) >= 11 is 6.78. The minimum absolute atomic E-state index is 0.00104. The van der Waals surface area contributed by atoms with E-state index in [4.69, 9.17) is 11.6 Å². The lowest BCUT2D eigenvalue weighted by Crippen LogP contribution is -2.52. The van der Waals surface area contributed by atoms with Gasteiger partial charge in [-0.1, -0.05) is 44.5 Å². The van der Waals surface area contributed by atoms with Crippen LogP contribution in [0, 0.1) is 23.7 Å². The van der Waals surface area contributed by atoms with Crippen molar-refractivity contribution in [3.05, 3.63) is 88.9 Å². The Labute approximate surface area is 264 Å². The highest BCUT2D eigenvalue weighted by Crippen LogP contribution is 2.54. The number of hydrogen-bond donors (Lipinski definition) is 4. The largest absolute Gasteiger partial charge is 0.413 e. The number of hydrazine groups is 2. The van der Waals surface area contributed by atoms with Crippen LogP contribution in [0.15, 0.2) is 67.1 Å². The zero-order chi connectivity index (χ0) is 32.1. The van der Waals surface area contributed by atoms with Gasteiger partial charge in [-0.15, -0.1) is 5.53 Å². The summed E-state index contributed by atoms with van der Waals surface area (Å²) in [6, 6.07) is 11.0. The Balaban J connectivity index is 1.46. The van der Waals surface area contributed by atoms with Gasteiger partial charge in [0.1, 0.15) is 6.07 Å². The molecule has 0 radical (unpaired) electrons. The summed E-state index contributed by atoms with van der Waals surface area (Å²) in [6.45, 7) is 8.82. The van der Waals surface area contributed by atoms with Gasteiger partial charge in [-0.3, -0.25) is 9.99 Å². The molecule has 1 aliphatic heterocycles. The summed E-state index contributed by atoms with van der Waals surface area (Å²) < 4.78 is 44.0. The molecule has 1 atom stereocenters. The molecule has 6 rings (SSSR count). The molecule has 2 aromatic carbocycles. The van der Waals surface area contributed by atoms with Gasteiger partial charge in [0.2, 0.25) is 0 Å². The smallest absolute Gasteiger partial charge is 0.383 e. The van der Waals surface area contributed by atoms with Crippen molar-refractivity contribution in [2.24, 2.45) is 5.41 Å². The summed E-state index contributed by atoms with van der Waals surface area (Å²) in [5, 5.41) is 19.0. The lowest BCUT2D eigenvalue weighted by molar-refractivity contribution is -0.195. The van der Waals surface area contributed by atoms with Gasteiger partial charge in [-0.05, 0) is 54.5 Å². The molecule has 45 heavy (non-hydrogen) atoms. The molecule has 0 unspecified atom stereocenters. The van der Waals surface area contributed by atoms with E-state index in [-0.39, 0.29) is 18.3 Å². The molecule has 4 aromatic rings. The number of nitriles is 1. The molecule has 13 heteroatoms. The third kappa shape index (κ3) is 5.74. The SMILES string of the molecule is Cc1c([C@H](Nc2cc(Cl)c3ncc(C#N)c(NCC(C)(C)C)c3c2)C2=CN(C3(C(F)(F)F)CC3)NN2)cccc1-n1ccnc1. The van der Waals surface area contributed by atoms with Gasteiger partial charge in [0, 0.05) is 48.1 Å². The number of aromatic nitrogens is 3. The number of pyridine rings is 1. The highest BCUT2D eigenvalue weighted by Gasteiger charge is 2.67. The molecule has 9 nitrogen and oxygen atoms in total. The van der Waals surface area contributed by atoms with Crippen LogP contribution in [-0.4, -0.2) is 37.8 Å². The quantitative estimate of drug-likeness (QED) is 0.162. The Bertz CT molecular complexity index is 1820. The van der Waals surface area contributed by atoms with Crippen LogP contribution in [0.2, 0.25) is 5.02 Å². The predicted octanol–water partition coefficient (Wildman–Crippen LogP) is 7.13. The first-order valence-electron chi connectivity index (χ1n) is 14.5. The van der Waals surface area contributed by atoms with E-state index in [1.807, 2.05) is 42.0 Å². The van der Waals surface area contributed by atoms with E-state index >= 15 is 0 Å². The Morgan fingerprint density at radius 3 is 2.62 bits per heavy atom. The summed E-state index contributed by atoms with van der Waals surface area (Å²) in [6.07, 6.45) is 3.80. The first-order valence-corrected chi connectivity index (χ1v) is 14.9. The van der Waals surface area contributed by atoms with Gasteiger partial charge in [-0.25, -0.2) is 4.98 Å². The van der Waals surface area contributed by atoms with Crippen LogP contribution >= 0.6 is 11.6 Å². The fourth-order valence-corrected chi connectivity index (χ4v) is 5.85. The normalized spacial score (nSPS) is 16.6. The number of imidazole rings is 1. The van der Waals surface area contributed by atoms with E-state index in [2.05, 4.69) is 58.4 Å². The molecule has 0 saturated heterocycles. The number of halogens is 4. The fraction of sp³-hybridized carbons (Fsp3) is 0.344. The molecule has 0 amide bonds. The molecule has 1 aliphatic carbocycles. The topological polar surface area (TPSA) is 106 Å². The van der Waals surface area contributed by atoms with Crippen molar-refractivity contribution >= 4 is 33.9 Å². The van der Waals surface area contributed by atoms with Crippen molar-refractivity contribution in [3.63, 3.8) is 0 Å². The predicted molar refractivity (Wildman–Crippen MR) is 168 cm³/mol. The number of nitrogens with one attached hydrogen (secondary N) is 4. The van der Waals surface area contributed by atoms with Gasteiger partial charge < -0.3 is 20.6 Å². The van der Waals surface area contributed by atoms with Gasteiger partial charge >= 0.3 is 6.18 Å². The molecule has 1 saturated carbocycles. The molecule has 0 bridgehead atoms.